The first-order valence-corrected chi connectivity index (χ1v) is 15.3. The third kappa shape index (κ3) is 5.28. The van der Waals surface area contributed by atoms with E-state index in [9.17, 15) is 26.4 Å². The fourth-order valence-electron chi connectivity index (χ4n) is 5.15. The normalized spacial score (nSPS) is 24.0. The summed E-state index contributed by atoms with van der Waals surface area (Å²) in [4.78, 5) is 23.3. The third-order valence-electron chi connectivity index (χ3n) is 7.35. The van der Waals surface area contributed by atoms with Crippen LogP contribution in [-0.2, 0) is 29.6 Å². The van der Waals surface area contributed by atoms with Gasteiger partial charge in [-0.3, -0.25) is 9.59 Å². The van der Waals surface area contributed by atoms with E-state index in [0.29, 0.717) is 32.4 Å². The lowest BCUT2D eigenvalue weighted by Gasteiger charge is -2.22. The summed E-state index contributed by atoms with van der Waals surface area (Å²) < 4.78 is 55.9. The molecule has 0 spiro atoms. The molecule has 2 aromatic rings. The molecule has 0 radical (unpaired) electrons. The predicted octanol–water partition coefficient (Wildman–Crippen LogP) is 0.979. The molecular weight excluding hydrogens is 516 g/mol. The first-order chi connectivity index (χ1) is 17.6. The number of rotatable bonds is 6. The molecule has 0 aliphatic carbocycles. The Hall–Kier alpha value is -2.80. The van der Waals surface area contributed by atoms with Gasteiger partial charge in [0.15, 0.2) is 0 Å². The largest absolute Gasteiger partial charge is 0.355 e. The molecule has 2 atom stereocenters. The highest BCUT2D eigenvalue weighted by atomic mass is 32.2. The molecule has 2 aromatic carbocycles. The Morgan fingerprint density at radius 3 is 1.30 bits per heavy atom. The second kappa shape index (κ2) is 10.2. The summed E-state index contributed by atoms with van der Waals surface area (Å²) in [6, 6.07) is 13.2. The molecule has 2 amide bonds. The summed E-state index contributed by atoms with van der Waals surface area (Å²) >= 11 is 0. The lowest BCUT2D eigenvalue weighted by molar-refractivity contribution is -0.120. The zero-order chi connectivity index (χ0) is 26.2. The number of nitrogens with zero attached hydrogens (tertiary/aromatic N) is 2. The topological polar surface area (TPSA) is 133 Å². The van der Waals surface area contributed by atoms with Crippen molar-refractivity contribution in [3.05, 3.63) is 59.7 Å². The maximum atomic E-state index is 13.3. The van der Waals surface area contributed by atoms with Gasteiger partial charge in [-0.05, 0) is 41.8 Å². The Morgan fingerprint density at radius 2 is 0.973 bits per heavy atom. The Balaban J connectivity index is 1.25. The van der Waals surface area contributed by atoms with Gasteiger partial charge < -0.3 is 10.6 Å². The van der Waals surface area contributed by atoms with E-state index in [1.54, 1.807) is 48.5 Å². The minimum absolute atomic E-state index is 0.00989. The maximum absolute atomic E-state index is 13.3. The molecule has 0 aromatic heterocycles. The predicted molar refractivity (Wildman–Crippen MR) is 136 cm³/mol. The Kier molecular flexibility index (Phi) is 7.10. The van der Waals surface area contributed by atoms with Gasteiger partial charge in [-0.25, -0.2) is 16.8 Å². The van der Waals surface area contributed by atoms with Crippen LogP contribution in [0.1, 0.15) is 42.2 Å². The van der Waals surface area contributed by atoms with Crippen molar-refractivity contribution < 1.29 is 26.4 Å². The molecule has 0 saturated carbocycles. The summed E-state index contributed by atoms with van der Waals surface area (Å²) in [5, 5.41) is 5.57. The van der Waals surface area contributed by atoms with Crippen molar-refractivity contribution in [2.75, 3.05) is 39.3 Å². The lowest BCUT2D eigenvalue weighted by Crippen LogP contribution is -2.37. The lowest BCUT2D eigenvalue weighted by atomic mass is 9.99. The third-order valence-corrected chi connectivity index (χ3v) is 11.2. The number of hydrogen-bond acceptors (Lipinski definition) is 6. The standard InChI is InChI=1S/C25H30N4O6S2/c30-24-14-20(16-26-24)18-2-6-22(7-3-18)36(32,33)28-10-1-11-29(13-12-28)37(34,35)23-8-4-19(5-9-23)21-15-25(31)27-17-21/h2-9,20-21H,1,10-17H2,(H,26,30)(H,27,31)/t20-,21-/m1/s1. The number of amides is 2. The zero-order valence-electron chi connectivity index (χ0n) is 20.3. The molecule has 37 heavy (non-hydrogen) atoms. The quantitative estimate of drug-likeness (QED) is 0.555. The van der Waals surface area contributed by atoms with Crippen LogP contribution in [0.25, 0.3) is 0 Å². The minimum Gasteiger partial charge on any atom is -0.355 e. The minimum atomic E-state index is -3.79. The maximum Gasteiger partial charge on any atom is 0.243 e. The molecule has 2 N–H and O–H groups in total. The van der Waals surface area contributed by atoms with Crippen molar-refractivity contribution in [3.63, 3.8) is 0 Å². The number of hydrogen-bond donors (Lipinski definition) is 2. The fraction of sp³-hybridized carbons (Fsp3) is 0.440. The molecule has 3 fully saturated rings. The number of benzene rings is 2. The average molecular weight is 547 g/mol. The first-order valence-electron chi connectivity index (χ1n) is 12.4. The van der Waals surface area contributed by atoms with Gasteiger partial charge in [0.1, 0.15) is 0 Å². The molecule has 0 bridgehead atoms. The molecular formula is C25H30N4O6S2. The van der Waals surface area contributed by atoms with Crippen LogP contribution >= 0.6 is 0 Å². The Morgan fingerprint density at radius 1 is 0.595 bits per heavy atom. The second-order valence-corrected chi connectivity index (χ2v) is 13.6. The Labute approximate surface area is 217 Å². The second-order valence-electron chi connectivity index (χ2n) is 9.71. The molecule has 3 saturated heterocycles. The number of sulfonamides is 2. The van der Waals surface area contributed by atoms with E-state index in [1.807, 2.05) is 0 Å². The van der Waals surface area contributed by atoms with Crippen molar-refractivity contribution in [3.8, 4) is 0 Å². The number of carbonyl (C=O) groups excluding carboxylic acids is 2. The zero-order valence-corrected chi connectivity index (χ0v) is 21.9. The summed E-state index contributed by atoms with van der Waals surface area (Å²) in [6.07, 6.45) is 1.16. The fourth-order valence-corrected chi connectivity index (χ4v) is 8.09. The van der Waals surface area contributed by atoms with Crippen LogP contribution in [0.3, 0.4) is 0 Å². The molecule has 3 aliphatic rings. The van der Waals surface area contributed by atoms with Gasteiger partial charge >= 0.3 is 0 Å². The molecule has 3 aliphatic heterocycles. The summed E-state index contributed by atoms with van der Waals surface area (Å²) in [6.45, 7) is 1.64. The molecule has 198 valence electrons. The summed E-state index contributed by atoms with van der Waals surface area (Å²) in [5.41, 5.74) is 1.82. The highest BCUT2D eigenvalue weighted by molar-refractivity contribution is 7.89. The van der Waals surface area contributed by atoms with Gasteiger partial charge in [0.2, 0.25) is 31.9 Å². The van der Waals surface area contributed by atoms with E-state index in [-0.39, 0.29) is 59.6 Å². The van der Waals surface area contributed by atoms with Crippen LogP contribution in [0, 0.1) is 0 Å². The molecule has 10 nitrogen and oxygen atoms in total. The van der Waals surface area contributed by atoms with Gasteiger partial charge in [-0.15, -0.1) is 0 Å². The van der Waals surface area contributed by atoms with E-state index in [4.69, 9.17) is 0 Å². The van der Waals surface area contributed by atoms with E-state index in [2.05, 4.69) is 10.6 Å². The van der Waals surface area contributed by atoms with E-state index in [0.717, 1.165) is 11.1 Å². The number of nitrogens with one attached hydrogen (secondary N) is 2. The van der Waals surface area contributed by atoms with Gasteiger partial charge in [-0.1, -0.05) is 24.3 Å². The Bertz CT molecular complexity index is 1280. The average Bonchev–Trinajstić information content (AvgIpc) is 3.43. The van der Waals surface area contributed by atoms with Crippen LogP contribution in [0.2, 0.25) is 0 Å². The smallest absolute Gasteiger partial charge is 0.243 e. The molecule has 5 rings (SSSR count). The van der Waals surface area contributed by atoms with E-state index >= 15 is 0 Å². The summed E-state index contributed by atoms with van der Waals surface area (Å²) in [5.74, 6) is 0.0498. The van der Waals surface area contributed by atoms with E-state index in [1.165, 1.54) is 8.61 Å². The first kappa shape index (κ1) is 25.8. The highest BCUT2D eigenvalue weighted by Gasteiger charge is 2.32. The van der Waals surface area contributed by atoms with Crippen molar-refractivity contribution in [1.29, 1.82) is 0 Å². The van der Waals surface area contributed by atoms with E-state index < -0.39 is 20.0 Å². The van der Waals surface area contributed by atoms with Crippen LogP contribution in [-0.4, -0.2) is 76.5 Å². The van der Waals surface area contributed by atoms with Gasteiger partial charge in [0.25, 0.3) is 0 Å². The van der Waals surface area contributed by atoms with Crippen molar-refractivity contribution in [2.24, 2.45) is 0 Å². The highest BCUT2D eigenvalue weighted by Crippen LogP contribution is 2.28. The molecule has 0 unspecified atom stereocenters. The van der Waals surface area contributed by atoms with Crippen molar-refractivity contribution in [2.45, 2.75) is 40.9 Å². The van der Waals surface area contributed by atoms with Crippen LogP contribution in [0.5, 0.6) is 0 Å². The van der Waals surface area contributed by atoms with Crippen molar-refractivity contribution >= 4 is 31.9 Å². The molecule has 12 heteroatoms. The molecule has 3 heterocycles. The van der Waals surface area contributed by atoms with Crippen LogP contribution in [0.15, 0.2) is 58.3 Å². The van der Waals surface area contributed by atoms with Gasteiger partial charge in [0, 0.05) is 63.9 Å². The van der Waals surface area contributed by atoms with Crippen molar-refractivity contribution in [1.82, 2.24) is 19.2 Å². The monoisotopic (exact) mass is 546 g/mol. The van der Waals surface area contributed by atoms with Crippen LogP contribution < -0.4 is 10.6 Å². The van der Waals surface area contributed by atoms with Crippen LogP contribution in [0.4, 0.5) is 0 Å². The number of carbonyl (C=O) groups is 2. The van der Waals surface area contributed by atoms with Gasteiger partial charge in [0.05, 0.1) is 9.79 Å². The van der Waals surface area contributed by atoms with Gasteiger partial charge in [-0.2, -0.15) is 8.61 Å². The summed E-state index contributed by atoms with van der Waals surface area (Å²) in [7, 11) is -7.59. The SMILES string of the molecule is O=C1C[C@@H](c2ccc(S(=O)(=O)N3CCCN(S(=O)(=O)c4ccc([C@H]5CNC(=O)C5)cc4)CC3)cc2)CN1.